The number of nitrogens with zero attached hydrogens (tertiary/aromatic N) is 1. The Morgan fingerprint density at radius 1 is 1.48 bits per heavy atom. The number of aliphatic hydroxyl groups is 1. The standard InChI is InChI=1S/C17H23BrClNO3/c1-17(2,3)23-16(22)20-7-6-15(21)12(10-20)8-11-4-5-13(18)9-14(11)19/h4-5,9,12,15,21H,6-8,10H2,1-3H3. The minimum atomic E-state index is -0.516. The van der Waals surface area contributed by atoms with Crippen molar-refractivity contribution in [2.75, 3.05) is 13.1 Å². The molecular weight excluding hydrogens is 382 g/mol. The van der Waals surface area contributed by atoms with Crippen LogP contribution in [0.2, 0.25) is 5.02 Å². The summed E-state index contributed by atoms with van der Waals surface area (Å²) in [7, 11) is 0. The molecule has 1 fully saturated rings. The molecule has 1 aromatic rings. The molecule has 1 amide bonds. The van der Waals surface area contributed by atoms with E-state index in [0.717, 1.165) is 10.0 Å². The molecule has 0 aliphatic carbocycles. The van der Waals surface area contributed by atoms with Crippen LogP contribution in [0.4, 0.5) is 4.79 Å². The molecule has 6 heteroatoms. The average Bonchev–Trinajstić information content (AvgIpc) is 2.42. The van der Waals surface area contributed by atoms with Crippen molar-refractivity contribution in [1.82, 2.24) is 4.90 Å². The summed E-state index contributed by atoms with van der Waals surface area (Å²) in [6.45, 7) is 6.54. The molecule has 0 aromatic heterocycles. The van der Waals surface area contributed by atoms with E-state index < -0.39 is 11.7 Å². The second-order valence-electron chi connectivity index (χ2n) is 6.98. The van der Waals surface area contributed by atoms with E-state index in [9.17, 15) is 9.90 Å². The lowest BCUT2D eigenvalue weighted by Gasteiger charge is -2.37. The molecule has 1 aromatic carbocycles. The van der Waals surface area contributed by atoms with Crippen molar-refractivity contribution in [1.29, 1.82) is 0 Å². The number of amides is 1. The smallest absolute Gasteiger partial charge is 0.410 e. The van der Waals surface area contributed by atoms with Gasteiger partial charge in [0.15, 0.2) is 0 Å². The van der Waals surface area contributed by atoms with Crippen molar-refractivity contribution >= 4 is 33.6 Å². The second-order valence-corrected chi connectivity index (χ2v) is 8.31. The van der Waals surface area contributed by atoms with Crippen LogP contribution in [-0.4, -0.2) is 40.9 Å². The molecule has 1 aliphatic rings. The summed E-state index contributed by atoms with van der Waals surface area (Å²) in [5.41, 5.74) is 0.461. The highest BCUT2D eigenvalue weighted by Gasteiger charge is 2.32. The first-order valence-electron chi connectivity index (χ1n) is 7.75. The lowest BCUT2D eigenvalue weighted by molar-refractivity contribution is -0.00823. The summed E-state index contributed by atoms with van der Waals surface area (Å²) in [6.07, 6.45) is 0.426. The Bertz CT molecular complexity index is 573. The number of rotatable bonds is 2. The maximum Gasteiger partial charge on any atom is 0.410 e. The van der Waals surface area contributed by atoms with Crippen LogP contribution >= 0.6 is 27.5 Å². The van der Waals surface area contributed by atoms with E-state index >= 15 is 0 Å². The molecule has 0 radical (unpaired) electrons. The van der Waals surface area contributed by atoms with Crippen LogP contribution < -0.4 is 0 Å². The molecule has 2 atom stereocenters. The summed E-state index contributed by atoms with van der Waals surface area (Å²) in [6, 6.07) is 5.73. The van der Waals surface area contributed by atoms with Crippen LogP contribution in [-0.2, 0) is 11.2 Å². The van der Waals surface area contributed by atoms with Crippen molar-refractivity contribution < 1.29 is 14.6 Å². The number of hydrogen-bond acceptors (Lipinski definition) is 3. The van der Waals surface area contributed by atoms with Crippen LogP contribution in [0.5, 0.6) is 0 Å². The molecule has 0 saturated carbocycles. The molecule has 0 spiro atoms. The van der Waals surface area contributed by atoms with Gasteiger partial charge in [0.05, 0.1) is 6.10 Å². The zero-order valence-corrected chi connectivity index (χ0v) is 16.0. The zero-order valence-electron chi connectivity index (χ0n) is 13.7. The normalized spacial score (nSPS) is 22.1. The monoisotopic (exact) mass is 403 g/mol. The highest BCUT2D eigenvalue weighted by atomic mass is 79.9. The minimum Gasteiger partial charge on any atom is -0.444 e. The summed E-state index contributed by atoms with van der Waals surface area (Å²) in [5, 5.41) is 10.9. The summed E-state index contributed by atoms with van der Waals surface area (Å²) < 4.78 is 6.35. The molecule has 0 bridgehead atoms. The Hall–Kier alpha value is -0.780. The predicted octanol–water partition coefficient (Wildman–Crippen LogP) is 4.26. The van der Waals surface area contributed by atoms with Gasteiger partial charge in [-0.15, -0.1) is 0 Å². The summed E-state index contributed by atoms with van der Waals surface area (Å²) in [5.74, 6) is -0.0463. The number of carbonyl (C=O) groups excluding carboxylic acids is 1. The highest BCUT2D eigenvalue weighted by molar-refractivity contribution is 9.10. The van der Waals surface area contributed by atoms with Crippen LogP contribution in [0.3, 0.4) is 0 Å². The van der Waals surface area contributed by atoms with Gasteiger partial charge in [0, 0.05) is 28.5 Å². The fourth-order valence-corrected chi connectivity index (χ4v) is 3.43. The van der Waals surface area contributed by atoms with Crippen LogP contribution in [0.25, 0.3) is 0 Å². The van der Waals surface area contributed by atoms with E-state index in [1.54, 1.807) is 4.90 Å². The lowest BCUT2D eigenvalue weighted by atomic mass is 9.89. The first-order valence-corrected chi connectivity index (χ1v) is 8.93. The SMILES string of the molecule is CC(C)(C)OC(=O)N1CCC(O)C(Cc2ccc(Br)cc2Cl)C1. The van der Waals surface area contributed by atoms with Gasteiger partial charge in [0.25, 0.3) is 0 Å². The van der Waals surface area contributed by atoms with Crippen molar-refractivity contribution in [2.24, 2.45) is 5.92 Å². The molecule has 1 N–H and O–H groups in total. The number of benzene rings is 1. The van der Waals surface area contributed by atoms with Gasteiger partial charge >= 0.3 is 6.09 Å². The number of ether oxygens (including phenoxy) is 1. The third-order valence-corrected chi connectivity index (χ3v) is 4.69. The van der Waals surface area contributed by atoms with Gasteiger partial charge in [0.1, 0.15) is 5.60 Å². The first-order chi connectivity index (χ1) is 10.7. The molecule has 128 valence electrons. The van der Waals surface area contributed by atoms with Crippen molar-refractivity contribution in [3.63, 3.8) is 0 Å². The molecule has 1 saturated heterocycles. The van der Waals surface area contributed by atoms with Crippen LogP contribution in [0.15, 0.2) is 22.7 Å². The molecule has 23 heavy (non-hydrogen) atoms. The summed E-state index contributed by atoms with van der Waals surface area (Å²) in [4.78, 5) is 13.9. The van der Waals surface area contributed by atoms with Crippen molar-refractivity contribution in [3.8, 4) is 0 Å². The summed E-state index contributed by atoms with van der Waals surface area (Å²) >= 11 is 9.65. The van der Waals surface area contributed by atoms with Crippen molar-refractivity contribution in [2.45, 2.75) is 45.3 Å². The second kappa shape index (κ2) is 7.41. The van der Waals surface area contributed by atoms with E-state index in [-0.39, 0.29) is 12.0 Å². The topological polar surface area (TPSA) is 49.8 Å². The lowest BCUT2D eigenvalue weighted by Crippen LogP contribution is -2.48. The number of likely N-dealkylation sites (tertiary alicyclic amines) is 1. The zero-order chi connectivity index (χ0) is 17.2. The first kappa shape index (κ1) is 18.6. The van der Waals surface area contributed by atoms with Gasteiger partial charge in [0.2, 0.25) is 0 Å². The number of carbonyl (C=O) groups is 1. The third kappa shape index (κ3) is 5.37. The number of aliphatic hydroxyl groups excluding tert-OH is 1. The predicted molar refractivity (Wildman–Crippen MR) is 94.8 cm³/mol. The number of halogens is 2. The van der Waals surface area contributed by atoms with E-state index in [0.29, 0.717) is 31.0 Å². The maximum atomic E-state index is 12.2. The van der Waals surface area contributed by atoms with E-state index in [1.165, 1.54) is 0 Å². The Morgan fingerprint density at radius 2 is 2.17 bits per heavy atom. The van der Waals surface area contributed by atoms with E-state index in [2.05, 4.69) is 15.9 Å². The Kier molecular flexibility index (Phi) is 5.98. The molecule has 2 unspecified atom stereocenters. The van der Waals surface area contributed by atoms with Crippen LogP contribution in [0.1, 0.15) is 32.8 Å². The van der Waals surface area contributed by atoms with E-state index in [1.807, 2.05) is 39.0 Å². The Labute approximate surface area is 150 Å². The number of hydrogen-bond donors (Lipinski definition) is 1. The van der Waals surface area contributed by atoms with Crippen molar-refractivity contribution in [3.05, 3.63) is 33.3 Å². The highest BCUT2D eigenvalue weighted by Crippen LogP contribution is 2.28. The van der Waals surface area contributed by atoms with Gasteiger partial charge in [-0.1, -0.05) is 33.6 Å². The van der Waals surface area contributed by atoms with Gasteiger partial charge in [-0.2, -0.15) is 0 Å². The largest absolute Gasteiger partial charge is 0.444 e. The molecule has 1 aliphatic heterocycles. The number of piperidine rings is 1. The van der Waals surface area contributed by atoms with Gasteiger partial charge in [-0.25, -0.2) is 4.79 Å². The third-order valence-electron chi connectivity index (χ3n) is 3.84. The Morgan fingerprint density at radius 3 is 2.78 bits per heavy atom. The average molecular weight is 405 g/mol. The fraction of sp³-hybridized carbons (Fsp3) is 0.588. The van der Waals surface area contributed by atoms with Crippen LogP contribution in [0, 0.1) is 5.92 Å². The molecule has 4 nitrogen and oxygen atoms in total. The maximum absolute atomic E-state index is 12.2. The molecule has 2 rings (SSSR count). The molecular formula is C17H23BrClNO3. The Balaban J connectivity index is 2.04. The van der Waals surface area contributed by atoms with Gasteiger partial charge < -0.3 is 14.7 Å². The van der Waals surface area contributed by atoms with E-state index in [4.69, 9.17) is 16.3 Å². The van der Waals surface area contributed by atoms with Gasteiger partial charge in [-0.05, 0) is 51.3 Å². The fourth-order valence-electron chi connectivity index (χ4n) is 2.68. The quantitative estimate of drug-likeness (QED) is 0.801. The van der Waals surface area contributed by atoms with Gasteiger partial charge in [-0.3, -0.25) is 0 Å². The molecule has 1 heterocycles. The minimum absolute atomic E-state index is 0.0463.